The molecule has 0 aliphatic carbocycles. The third kappa shape index (κ3) is 8.68. The Kier molecular flexibility index (Phi) is 12.0. The lowest BCUT2D eigenvalue weighted by atomic mass is 10.1. The molecule has 8 heteroatoms. The molecule has 0 aromatic carbocycles. The zero-order valence-electron chi connectivity index (χ0n) is 29.3. The highest BCUT2D eigenvalue weighted by molar-refractivity contribution is 6.11. The van der Waals surface area contributed by atoms with Gasteiger partial charge in [-0.05, 0) is 99.2 Å². The van der Waals surface area contributed by atoms with Gasteiger partial charge in [-0.2, -0.15) is 0 Å². The summed E-state index contributed by atoms with van der Waals surface area (Å²) in [6.45, 7) is 8.74. The summed E-state index contributed by atoms with van der Waals surface area (Å²) in [6.07, 6.45) is 21.6. The Labute approximate surface area is 284 Å². The van der Waals surface area contributed by atoms with Gasteiger partial charge >= 0.3 is 0 Å². The summed E-state index contributed by atoms with van der Waals surface area (Å²) in [5.74, 6) is 1.58. The summed E-state index contributed by atoms with van der Waals surface area (Å²) < 4.78 is 11.0. The minimum Gasteiger partial charge on any atom is -0.494 e. The van der Waals surface area contributed by atoms with Crippen molar-refractivity contribution in [2.24, 2.45) is 9.98 Å². The molecule has 6 rings (SSSR count). The van der Waals surface area contributed by atoms with Crippen molar-refractivity contribution in [3.8, 4) is 0 Å². The normalized spacial score (nSPS) is 15.7. The molecule has 0 fully saturated rings. The first-order valence-corrected chi connectivity index (χ1v) is 17.2. The summed E-state index contributed by atoms with van der Waals surface area (Å²) in [5, 5.41) is 0. The van der Waals surface area contributed by atoms with Crippen molar-refractivity contribution in [1.29, 1.82) is 0 Å². The highest BCUT2D eigenvalue weighted by atomic mass is 16.5. The van der Waals surface area contributed by atoms with E-state index in [9.17, 15) is 0 Å². The van der Waals surface area contributed by atoms with E-state index in [4.69, 9.17) is 19.5 Å². The smallest absolute Gasteiger partial charge is 0.146 e. The van der Waals surface area contributed by atoms with Crippen LogP contribution in [-0.2, 0) is 22.3 Å². The Hall–Kier alpha value is -4.98. The highest BCUT2D eigenvalue weighted by Gasteiger charge is 2.19. The van der Waals surface area contributed by atoms with Crippen LogP contribution in [0.15, 0.2) is 93.8 Å². The van der Waals surface area contributed by atoms with Gasteiger partial charge in [-0.1, -0.05) is 39.5 Å². The molecule has 0 unspecified atom stereocenters. The molecule has 0 saturated heterocycles. The quantitative estimate of drug-likeness (QED) is 0.102. The van der Waals surface area contributed by atoms with Crippen molar-refractivity contribution in [3.63, 3.8) is 0 Å². The van der Waals surface area contributed by atoms with Gasteiger partial charge in [-0.15, -0.1) is 0 Å². The number of nitrogens with zero attached hydrogens (tertiary/aromatic N) is 2. The van der Waals surface area contributed by atoms with Crippen molar-refractivity contribution in [2.45, 2.75) is 79.1 Å². The number of methoxy groups -OCH3 is 2. The molecule has 2 aliphatic rings. The van der Waals surface area contributed by atoms with Crippen LogP contribution >= 0.6 is 0 Å². The summed E-state index contributed by atoms with van der Waals surface area (Å²) >= 11 is 0. The molecule has 0 bridgehead atoms. The number of H-pyrrole nitrogens is 4. The second kappa shape index (κ2) is 16.7. The summed E-state index contributed by atoms with van der Waals surface area (Å²) in [5.41, 5.74) is 12.9. The molecular weight excluding hydrogens is 596 g/mol. The fourth-order valence-corrected chi connectivity index (χ4v) is 5.98. The van der Waals surface area contributed by atoms with Gasteiger partial charge in [0.2, 0.25) is 0 Å². The Morgan fingerprint density at radius 2 is 1.08 bits per heavy atom. The predicted octanol–water partition coefficient (Wildman–Crippen LogP) is 9.52. The van der Waals surface area contributed by atoms with E-state index in [0.717, 1.165) is 70.0 Å². The predicted molar refractivity (Wildman–Crippen MR) is 198 cm³/mol. The number of hydrogen-bond acceptors (Lipinski definition) is 4. The first kappa shape index (κ1) is 34.4. The van der Waals surface area contributed by atoms with E-state index in [2.05, 4.69) is 71.9 Å². The van der Waals surface area contributed by atoms with Crippen LogP contribution in [0.2, 0.25) is 0 Å². The Bertz CT molecular complexity index is 1690. The number of aliphatic imine (C=N–C) groups is 2. The van der Waals surface area contributed by atoms with Gasteiger partial charge in [0.15, 0.2) is 0 Å². The highest BCUT2D eigenvalue weighted by Crippen LogP contribution is 2.27. The van der Waals surface area contributed by atoms with E-state index in [-0.39, 0.29) is 0 Å². The molecule has 8 nitrogen and oxygen atoms in total. The molecule has 0 amide bonds. The number of allylic oxidation sites excluding steroid dienone is 2. The molecule has 4 aromatic heterocycles. The number of aromatic nitrogens is 4. The number of rotatable bonds is 14. The molecule has 6 heterocycles. The molecule has 0 atom stereocenters. The van der Waals surface area contributed by atoms with Crippen LogP contribution < -0.4 is 0 Å². The molecule has 2 aliphatic heterocycles. The third-order valence-corrected chi connectivity index (χ3v) is 8.68. The average Bonchev–Trinajstić information content (AvgIpc) is 3.93. The Morgan fingerprint density at radius 1 is 0.646 bits per heavy atom. The summed E-state index contributed by atoms with van der Waals surface area (Å²) in [6, 6.07) is 12.4. The van der Waals surface area contributed by atoms with E-state index in [1.807, 2.05) is 48.8 Å². The molecule has 48 heavy (non-hydrogen) atoms. The molecule has 4 aromatic rings. The van der Waals surface area contributed by atoms with E-state index in [0.29, 0.717) is 0 Å². The van der Waals surface area contributed by atoms with Crippen LogP contribution in [0, 0.1) is 13.8 Å². The zero-order valence-corrected chi connectivity index (χ0v) is 29.3. The van der Waals surface area contributed by atoms with E-state index in [1.165, 1.54) is 61.0 Å². The maximum atomic E-state index is 5.49. The van der Waals surface area contributed by atoms with Crippen molar-refractivity contribution in [2.75, 3.05) is 14.2 Å². The van der Waals surface area contributed by atoms with Crippen LogP contribution in [0.5, 0.6) is 0 Å². The van der Waals surface area contributed by atoms with Crippen molar-refractivity contribution >= 4 is 23.6 Å². The summed E-state index contributed by atoms with van der Waals surface area (Å²) in [7, 11) is 3.37. The number of hydrogen-bond donors (Lipinski definition) is 4. The van der Waals surface area contributed by atoms with Crippen LogP contribution in [0.25, 0.3) is 12.2 Å². The number of nitrogens with one attached hydrogen (secondary N) is 4. The Morgan fingerprint density at radius 3 is 1.44 bits per heavy atom. The van der Waals surface area contributed by atoms with Gasteiger partial charge in [-0.25, -0.2) is 9.98 Å². The average molecular weight is 647 g/mol. The largest absolute Gasteiger partial charge is 0.494 e. The van der Waals surface area contributed by atoms with Crippen molar-refractivity contribution in [3.05, 3.63) is 129 Å². The van der Waals surface area contributed by atoms with Crippen molar-refractivity contribution in [1.82, 2.24) is 19.9 Å². The first-order valence-electron chi connectivity index (χ1n) is 17.2. The minimum absolute atomic E-state index is 0.791. The van der Waals surface area contributed by atoms with Gasteiger partial charge < -0.3 is 29.4 Å². The molecule has 0 spiro atoms. The van der Waals surface area contributed by atoms with Gasteiger partial charge in [0.05, 0.1) is 37.0 Å². The fourth-order valence-electron chi connectivity index (χ4n) is 5.98. The first-order chi connectivity index (χ1) is 23.4. The molecule has 0 radical (unpaired) electrons. The lowest BCUT2D eigenvalue weighted by Gasteiger charge is -2.00. The minimum atomic E-state index is 0.791. The second-order valence-corrected chi connectivity index (χ2v) is 12.3. The van der Waals surface area contributed by atoms with E-state index in [1.54, 1.807) is 14.2 Å². The monoisotopic (exact) mass is 646 g/mol. The van der Waals surface area contributed by atoms with Crippen molar-refractivity contribution < 1.29 is 9.47 Å². The maximum absolute atomic E-state index is 5.49. The van der Waals surface area contributed by atoms with Crippen LogP contribution in [0.1, 0.15) is 97.7 Å². The standard InChI is InChI=1S/2C20H25N3O/c2*1-4-5-6-8-15-11-16(22-14(15)2)12-19-20(24-3)13-18(23-19)17-9-7-10-21-17/h2*7,9-13,21-22H,4-6,8H2,1-3H3/b19-12-;. The molecule has 4 N–H and O–H groups in total. The van der Waals surface area contributed by atoms with E-state index < -0.39 is 0 Å². The van der Waals surface area contributed by atoms with E-state index >= 15 is 0 Å². The van der Waals surface area contributed by atoms with Crippen LogP contribution in [-0.4, -0.2) is 45.6 Å². The van der Waals surface area contributed by atoms with Crippen LogP contribution in [0.3, 0.4) is 0 Å². The molecule has 252 valence electrons. The number of aromatic amines is 4. The lowest BCUT2D eigenvalue weighted by Crippen LogP contribution is -1.93. The number of aryl methyl sites for hydroxylation is 4. The van der Waals surface area contributed by atoms with Crippen LogP contribution in [0.4, 0.5) is 0 Å². The zero-order chi connectivity index (χ0) is 33.9. The molecule has 0 saturated carbocycles. The summed E-state index contributed by atoms with van der Waals surface area (Å²) in [4.78, 5) is 22.7. The SMILES string of the molecule is CCCCCc1cc(/C=C2\N=C(c3ccc[nH]3)C=C2OC)[nH]c1C.CCCCCc1cc(C=C2N=C(c3ccc[nH]3)C=C2OC)[nH]c1C. The maximum Gasteiger partial charge on any atom is 0.146 e. The van der Waals surface area contributed by atoms with Gasteiger partial charge in [0.1, 0.15) is 22.9 Å². The third-order valence-electron chi connectivity index (χ3n) is 8.68. The van der Waals surface area contributed by atoms with Gasteiger partial charge in [0.25, 0.3) is 0 Å². The Balaban J connectivity index is 0.000000188. The number of ether oxygens (including phenoxy) is 2. The number of unbranched alkanes of at least 4 members (excludes halogenated alkanes) is 4. The van der Waals surface area contributed by atoms with Gasteiger partial charge in [-0.3, -0.25) is 0 Å². The second-order valence-electron chi connectivity index (χ2n) is 12.3. The van der Waals surface area contributed by atoms with Gasteiger partial charge in [0, 0.05) is 47.3 Å². The molecular formula is C40H50N6O2. The topological polar surface area (TPSA) is 106 Å². The fraction of sp³-hybridized carbons (Fsp3) is 0.350. The lowest BCUT2D eigenvalue weighted by molar-refractivity contribution is 0.303.